The first-order chi connectivity index (χ1) is 10.7. The molecule has 0 heterocycles. The van der Waals surface area contributed by atoms with Crippen molar-refractivity contribution >= 4 is 21.6 Å². The Morgan fingerprint density at radius 3 is 2.13 bits per heavy atom. The van der Waals surface area contributed by atoms with Gasteiger partial charge in [0.25, 0.3) is 10.1 Å². The number of benzene rings is 1. The standard InChI is InChI=1S/C17H27NO4S/c1-16(19)10-6-7-13-18(2,17-11-4-3-5-12-17)14-8-9-15-23(20,21)22/h3-5,11-12H,6-10,13-15H2,1-2H3/p+1. The van der Waals surface area contributed by atoms with Gasteiger partial charge >= 0.3 is 0 Å². The molecule has 5 nitrogen and oxygen atoms in total. The fourth-order valence-corrected chi connectivity index (χ4v) is 3.31. The van der Waals surface area contributed by atoms with Crippen LogP contribution in [0.5, 0.6) is 0 Å². The van der Waals surface area contributed by atoms with Crippen molar-refractivity contribution in [1.82, 2.24) is 4.48 Å². The molecule has 0 aliphatic heterocycles. The van der Waals surface area contributed by atoms with Gasteiger partial charge in [0.2, 0.25) is 0 Å². The van der Waals surface area contributed by atoms with E-state index in [1.807, 2.05) is 18.2 Å². The van der Waals surface area contributed by atoms with Crippen molar-refractivity contribution in [2.75, 3.05) is 25.9 Å². The molecule has 0 aliphatic rings. The van der Waals surface area contributed by atoms with Gasteiger partial charge in [-0.25, -0.2) is 0 Å². The van der Waals surface area contributed by atoms with E-state index >= 15 is 0 Å². The Morgan fingerprint density at radius 1 is 1.04 bits per heavy atom. The molecular formula is C17H28NO4S+. The zero-order chi connectivity index (χ0) is 17.3. The highest BCUT2D eigenvalue weighted by Gasteiger charge is 2.24. The summed E-state index contributed by atoms with van der Waals surface area (Å²) in [5.41, 5.74) is 1.18. The maximum absolute atomic E-state index is 11.1. The van der Waals surface area contributed by atoms with Gasteiger partial charge in [-0.05, 0) is 44.7 Å². The lowest BCUT2D eigenvalue weighted by Gasteiger charge is -2.34. The number of carbonyl (C=O) groups excluding carboxylic acids is 1. The first-order valence-corrected chi connectivity index (χ1v) is 9.69. The second kappa shape index (κ2) is 9.15. The van der Waals surface area contributed by atoms with Crippen molar-refractivity contribution < 1.29 is 17.8 Å². The molecule has 0 amide bonds. The Hall–Kier alpha value is -1.24. The molecule has 1 atom stereocenters. The molecule has 1 aromatic carbocycles. The summed E-state index contributed by atoms with van der Waals surface area (Å²) in [6.45, 7) is 3.32. The van der Waals surface area contributed by atoms with E-state index in [2.05, 4.69) is 19.2 Å². The second-order valence-corrected chi connectivity index (χ2v) is 7.90. The van der Waals surface area contributed by atoms with Gasteiger partial charge in [0, 0.05) is 6.42 Å². The molecule has 1 aromatic rings. The fraction of sp³-hybridized carbons (Fsp3) is 0.588. The van der Waals surface area contributed by atoms with Gasteiger partial charge in [0.1, 0.15) is 11.5 Å². The van der Waals surface area contributed by atoms with Gasteiger partial charge in [0.15, 0.2) is 0 Å². The summed E-state index contributed by atoms with van der Waals surface area (Å²) in [6, 6.07) is 10.1. The third-order valence-corrected chi connectivity index (χ3v) is 4.92. The van der Waals surface area contributed by atoms with Crippen LogP contribution < -0.4 is 4.48 Å². The summed E-state index contributed by atoms with van der Waals surface area (Å²) in [7, 11) is -1.75. The number of quaternary nitrogens is 1. The van der Waals surface area contributed by atoms with Crippen molar-refractivity contribution in [3.8, 4) is 0 Å². The summed E-state index contributed by atoms with van der Waals surface area (Å²) >= 11 is 0. The normalized spacial score (nSPS) is 14.4. The minimum absolute atomic E-state index is 0.188. The van der Waals surface area contributed by atoms with Crippen LogP contribution in [-0.2, 0) is 14.9 Å². The third-order valence-electron chi connectivity index (χ3n) is 4.11. The third kappa shape index (κ3) is 8.25. The highest BCUT2D eigenvalue weighted by molar-refractivity contribution is 7.85. The minimum atomic E-state index is -3.88. The summed E-state index contributed by atoms with van der Waals surface area (Å²) < 4.78 is 31.2. The lowest BCUT2D eigenvalue weighted by Crippen LogP contribution is -2.46. The molecule has 23 heavy (non-hydrogen) atoms. The lowest BCUT2D eigenvalue weighted by molar-refractivity contribution is -0.117. The number of nitrogens with zero attached hydrogens (tertiary/aromatic N) is 1. The Bertz CT molecular complexity index is 586. The number of hydrogen-bond donors (Lipinski definition) is 1. The number of unbranched alkanes of at least 4 members (excludes halogenated alkanes) is 2. The van der Waals surface area contributed by atoms with Crippen LogP contribution in [0.2, 0.25) is 0 Å². The van der Waals surface area contributed by atoms with Gasteiger partial charge in [-0.1, -0.05) is 18.2 Å². The molecule has 0 bridgehead atoms. The SMILES string of the molecule is CC(=O)CCCC[N+](C)(CCCCS(=O)(=O)O)c1ccccc1. The Kier molecular flexibility index (Phi) is 7.88. The quantitative estimate of drug-likeness (QED) is 0.381. The molecule has 0 saturated heterocycles. The summed E-state index contributed by atoms with van der Waals surface area (Å²) in [5.74, 6) is 0.0265. The Morgan fingerprint density at radius 2 is 1.61 bits per heavy atom. The predicted octanol–water partition coefficient (Wildman–Crippen LogP) is 3.05. The zero-order valence-corrected chi connectivity index (χ0v) is 14.9. The molecule has 130 valence electrons. The van der Waals surface area contributed by atoms with E-state index in [4.69, 9.17) is 4.55 Å². The summed E-state index contributed by atoms with van der Waals surface area (Å²) in [5, 5.41) is 0. The molecule has 0 fully saturated rings. The maximum Gasteiger partial charge on any atom is 0.264 e. The van der Waals surface area contributed by atoms with Gasteiger partial charge < -0.3 is 4.79 Å². The van der Waals surface area contributed by atoms with Crippen LogP contribution in [0.1, 0.15) is 39.0 Å². The second-order valence-electron chi connectivity index (χ2n) is 6.33. The fourth-order valence-electron chi connectivity index (χ4n) is 2.74. The van der Waals surface area contributed by atoms with E-state index in [1.54, 1.807) is 6.92 Å². The lowest BCUT2D eigenvalue weighted by atomic mass is 10.1. The number of ketones is 1. The highest BCUT2D eigenvalue weighted by Crippen LogP contribution is 2.22. The van der Waals surface area contributed by atoms with E-state index < -0.39 is 10.1 Å². The number of carbonyl (C=O) groups is 1. The number of Topliss-reactive ketones (excluding diaryl/α,β-unsaturated/α-hetero) is 1. The van der Waals surface area contributed by atoms with E-state index in [9.17, 15) is 13.2 Å². The van der Waals surface area contributed by atoms with Gasteiger partial charge in [-0.3, -0.25) is 9.04 Å². The van der Waals surface area contributed by atoms with Crippen LogP contribution >= 0.6 is 0 Å². The predicted molar refractivity (Wildman–Crippen MR) is 94.1 cm³/mol. The number of para-hydroxylation sites is 1. The van der Waals surface area contributed by atoms with Crippen molar-refractivity contribution in [2.45, 2.75) is 39.0 Å². The zero-order valence-electron chi connectivity index (χ0n) is 14.1. The first-order valence-electron chi connectivity index (χ1n) is 8.08. The van der Waals surface area contributed by atoms with Crippen LogP contribution in [0.4, 0.5) is 5.69 Å². The van der Waals surface area contributed by atoms with Crippen molar-refractivity contribution in [3.05, 3.63) is 30.3 Å². The average Bonchev–Trinajstić information content (AvgIpc) is 2.48. The molecule has 0 aromatic heterocycles. The van der Waals surface area contributed by atoms with E-state index in [0.717, 1.165) is 32.4 Å². The Labute approximate surface area is 139 Å². The van der Waals surface area contributed by atoms with E-state index in [-0.39, 0.29) is 11.5 Å². The van der Waals surface area contributed by atoms with Crippen LogP contribution in [0.25, 0.3) is 0 Å². The molecule has 1 unspecified atom stereocenters. The molecule has 1 N–H and O–H groups in total. The van der Waals surface area contributed by atoms with Gasteiger partial charge in [-0.2, -0.15) is 8.42 Å². The van der Waals surface area contributed by atoms with E-state index in [0.29, 0.717) is 17.3 Å². The molecule has 0 radical (unpaired) electrons. The van der Waals surface area contributed by atoms with Crippen LogP contribution in [0.3, 0.4) is 0 Å². The molecule has 6 heteroatoms. The highest BCUT2D eigenvalue weighted by atomic mass is 32.2. The topological polar surface area (TPSA) is 71.4 Å². The molecular weight excluding hydrogens is 314 g/mol. The van der Waals surface area contributed by atoms with Crippen molar-refractivity contribution in [1.29, 1.82) is 0 Å². The molecule has 0 saturated carbocycles. The van der Waals surface area contributed by atoms with Crippen molar-refractivity contribution in [2.24, 2.45) is 0 Å². The summed E-state index contributed by atoms with van der Waals surface area (Å²) in [4.78, 5) is 11.1. The minimum Gasteiger partial charge on any atom is -0.300 e. The summed E-state index contributed by atoms with van der Waals surface area (Å²) in [6.07, 6.45) is 3.60. The van der Waals surface area contributed by atoms with Gasteiger partial charge in [-0.15, -0.1) is 0 Å². The first kappa shape index (κ1) is 19.8. The number of rotatable bonds is 11. The number of hydrogen-bond acceptors (Lipinski definition) is 3. The van der Waals surface area contributed by atoms with Crippen LogP contribution in [0, 0.1) is 0 Å². The van der Waals surface area contributed by atoms with E-state index in [1.165, 1.54) is 5.69 Å². The van der Waals surface area contributed by atoms with Crippen LogP contribution in [0.15, 0.2) is 30.3 Å². The average molecular weight is 342 g/mol. The smallest absolute Gasteiger partial charge is 0.264 e. The molecule has 0 spiro atoms. The largest absolute Gasteiger partial charge is 0.300 e. The van der Waals surface area contributed by atoms with Gasteiger partial charge in [0.05, 0.1) is 25.9 Å². The molecule has 0 aliphatic carbocycles. The molecule has 1 rings (SSSR count). The monoisotopic (exact) mass is 342 g/mol. The maximum atomic E-state index is 11.1. The van der Waals surface area contributed by atoms with Crippen molar-refractivity contribution in [3.63, 3.8) is 0 Å². The Balaban J connectivity index is 2.63. The van der Waals surface area contributed by atoms with Crippen LogP contribution in [-0.4, -0.2) is 44.6 Å².